The van der Waals surface area contributed by atoms with Crippen molar-refractivity contribution in [2.24, 2.45) is 0 Å². The van der Waals surface area contributed by atoms with Crippen LogP contribution >= 0.6 is 0 Å². The quantitative estimate of drug-likeness (QED) is 0.930. The van der Waals surface area contributed by atoms with Gasteiger partial charge in [-0.1, -0.05) is 52.0 Å². The molecule has 2 aromatic rings. The van der Waals surface area contributed by atoms with Crippen LogP contribution < -0.4 is 5.32 Å². The van der Waals surface area contributed by atoms with Crippen LogP contribution in [0.3, 0.4) is 0 Å². The van der Waals surface area contributed by atoms with E-state index in [-0.39, 0.29) is 5.41 Å². The van der Waals surface area contributed by atoms with Crippen LogP contribution in [0.25, 0.3) is 5.69 Å². The summed E-state index contributed by atoms with van der Waals surface area (Å²) < 4.78 is 1.82. The Balaban J connectivity index is 2.12. The van der Waals surface area contributed by atoms with Crippen LogP contribution in [0.4, 0.5) is 0 Å². The van der Waals surface area contributed by atoms with E-state index in [1.165, 1.54) is 5.56 Å². The van der Waals surface area contributed by atoms with Gasteiger partial charge in [0.25, 0.3) is 0 Å². The van der Waals surface area contributed by atoms with Gasteiger partial charge >= 0.3 is 0 Å². The molecular weight excluding hydrogens is 248 g/mol. The minimum atomic E-state index is 0.174. The number of nitrogens with zero attached hydrogens (tertiary/aromatic N) is 3. The molecule has 0 aliphatic heterocycles. The Morgan fingerprint density at radius 3 is 2.35 bits per heavy atom. The molecule has 1 aromatic carbocycles. The molecule has 4 nitrogen and oxygen atoms in total. The highest BCUT2D eigenvalue weighted by atomic mass is 15.4. The Bertz CT molecular complexity index is 547. The average molecular weight is 272 g/mol. The fourth-order valence-corrected chi connectivity index (χ4v) is 1.93. The maximum atomic E-state index is 4.19. The van der Waals surface area contributed by atoms with Crippen molar-refractivity contribution in [2.45, 2.75) is 52.6 Å². The molecule has 0 unspecified atom stereocenters. The number of nitrogens with one attached hydrogen (secondary N) is 1. The molecule has 0 aliphatic carbocycles. The zero-order valence-corrected chi connectivity index (χ0v) is 13.0. The molecule has 4 heteroatoms. The Labute approximate surface area is 121 Å². The fraction of sp³-hybridized carbons (Fsp3) is 0.500. The van der Waals surface area contributed by atoms with E-state index in [2.05, 4.69) is 74.5 Å². The smallest absolute Gasteiger partial charge is 0.0969 e. The molecule has 0 fully saturated rings. The molecule has 0 radical (unpaired) electrons. The molecular formula is C16H24N4. The van der Waals surface area contributed by atoms with Crippen molar-refractivity contribution < 1.29 is 0 Å². The summed E-state index contributed by atoms with van der Waals surface area (Å²) >= 11 is 0. The van der Waals surface area contributed by atoms with Crippen LogP contribution in [-0.4, -0.2) is 21.0 Å². The zero-order valence-electron chi connectivity index (χ0n) is 13.0. The largest absolute Gasteiger partial charge is 0.309 e. The lowest BCUT2D eigenvalue weighted by Gasteiger charge is -2.19. The van der Waals surface area contributed by atoms with Crippen molar-refractivity contribution in [2.75, 3.05) is 0 Å². The highest BCUT2D eigenvalue weighted by Crippen LogP contribution is 2.22. The lowest BCUT2D eigenvalue weighted by Crippen LogP contribution is -2.21. The summed E-state index contributed by atoms with van der Waals surface area (Å²) in [5, 5.41) is 11.7. The first-order chi connectivity index (χ1) is 9.36. The van der Waals surface area contributed by atoms with Crippen LogP contribution in [0.1, 0.15) is 45.9 Å². The van der Waals surface area contributed by atoms with Crippen LogP contribution in [0.2, 0.25) is 0 Å². The third-order valence-electron chi connectivity index (χ3n) is 3.23. The first kappa shape index (κ1) is 14.7. The fourth-order valence-electron chi connectivity index (χ4n) is 1.93. The molecule has 1 aromatic heterocycles. The van der Waals surface area contributed by atoms with E-state index in [4.69, 9.17) is 0 Å². The third-order valence-corrected chi connectivity index (χ3v) is 3.23. The molecule has 1 heterocycles. The normalized spacial score (nSPS) is 12.1. The second-order valence-electron chi connectivity index (χ2n) is 6.49. The van der Waals surface area contributed by atoms with Crippen molar-refractivity contribution in [1.29, 1.82) is 0 Å². The monoisotopic (exact) mass is 272 g/mol. The average Bonchev–Trinajstić information content (AvgIpc) is 2.84. The topological polar surface area (TPSA) is 42.7 Å². The number of aromatic nitrogens is 3. The predicted molar refractivity (Wildman–Crippen MR) is 82.0 cm³/mol. The first-order valence-electron chi connectivity index (χ1n) is 7.12. The molecule has 108 valence electrons. The molecule has 0 aliphatic rings. The van der Waals surface area contributed by atoms with Gasteiger partial charge in [-0.05, 0) is 23.1 Å². The Hall–Kier alpha value is -1.68. The van der Waals surface area contributed by atoms with Gasteiger partial charge in [-0.3, -0.25) is 0 Å². The van der Waals surface area contributed by atoms with E-state index in [9.17, 15) is 0 Å². The van der Waals surface area contributed by atoms with Crippen molar-refractivity contribution in [1.82, 2.24) is 20.3 Å². The van der Waals surface area contributed by atoms with Crippen LogP contribution in [-0.2, 0) is 12.0 Å². The van der Waals surface area contributed by atoms with Crippen molar-refractivity contribution in [3.05, 3.63) is 41.7 Å². The Morgan fingerprint density at radius 2 is 1.80 bits per heavy atom. The van der Waals surface area contributed by atoms with E-state index in [0.717, 1.165) is 17.9 Å². The summed E-state index contributed by atoms with van der Waals surface area (Å²) in [6.07, 6.45) is 1.97. The summed E-state index contributed by atoms with van der Waals surface area (Å²) in [4.78, 5) is 0. The van der Waals surface area contributed by atoms with Gasteiger partial charge in [-0.25, -0.2) is 4.68 Å². The van der Waals surface area contributed by atoms with Crippen LogP contribution in [0.5, 0.6) is 0 Å². The molecule has 0 saturated carbocycles. The number of rotatable bonds is 4. The molecule has 2 rings (SSSR count). The number of hydrogen-bond donors (Lipinski definition) is 1. The molecule has 0 amide bonds. The summed E-state index contributed by atoms with van der Waals surface area (Å²) in [6, 6.07) is 8.95. The molecule has 0 atom stereocenters. The number of hydrogen-bond acceptors (Lipinski definition) is 3. The molecule has 20 heavy (non-hydrogen) atoms. The summed E-state index contributed by atoms with van der Waals surface area (Å²) in [6.45, 7) is 11.6. The van der Waals surface area contributed by atoms with Gasteiger partial charge in [0.05, 0.1) is 17.6 Å². The SMILES string of the molecule is CC(C)NCc1cn(-c2ccc(C(C)(C)C)cc2)nn1. The minimum Gasteiger partial charge on any atom is -0.309 e. The lowest BCUT2D eigenvalue weighted by molar-refractivity contribution is 0.580. The van der Waals surface area contributed by atoms with E-state index in [1.807, 2.05) is 10.9 Å². The van der Waals surface area contributed by atoms with E-state index in [0.29, 0.717) is 6.04 Å². The van der Waals surface area contributed by atoms with Crippen molar-refractivity contribution in [3.63, 3.8) is 0 Å². The summed E-state index contributed by atoms with van der Waals surface area (Å²) in [5.74, 6) is 0. The Morgan fingerprint density at radius 1 is 1.15 bits per heavy atom. The second kappa shape index (κ2) is 5.75. The maximum absolute atomic E-state index is 4.19. The molecule has 0 spiro atoms. The van der Waals surface area contributed by atoms with Gasteiger partial charge in [0.15, 0.2) is 0 Å². The minimum absolute atomic E-state index is 0.174. The molecule has 0 saturated heterocycles. The van der Waals surface area contributed by atoms with Crippen LogP contribution in [0, 0.1) is 0 Å². The van der Waals surface area contributed by atoms with Gasteiger partial charge in [0.2, 0.25) is 0 Å². The molecule has 1 N–H and O–H groups in total. The number of benzene rings is 1. The van der Waals surface area contributed by atoms with Crippen LogP contribution in [0.15, 0.2) is 30.5 Å². The van der Waals surface area contributed by atoms with Gasteiger partial charge in [-0.15, -0.1) is 5.10 Å². The lowest BCUT2D eigenvalue weighted by atomic mass is 9.87. The van der Waals surface area contributed by atoms with Crippen molar-refractivity contribution in [3.8, 4) is 5.69 Å². The molecule has 0 bridgehead atoms. The Kier molecular flexibility index (Phi) is 4.23. The van der Waals surface area contributed by atoms with E-state index >= 15 is 0 Å². The highest BCUT2D eigenvalue weighted by molar-refractivity contribution is 5.36. The predicted octanol–water partition coefficient (Wildman–Crippen LogP) is 3.06. The highest BCUT2D eigenvalue weighted by Gasteiger charge is 2.13. The first-order valence-corrected chi connectivity index (χ1v) is 7.12. The van der Waals surface area contributed by atoms with E-state index < -0.39 is 0 Å². The van der Waals surface area contributed by atoms with E-state index in [1.54, 1.807) is 0 Å². The zero-order chi connectivity index (χ0) is 14.8. The maximum Gasteiger partial charge on any atom is 0.0969 e. The van der Waals surface area contributed by atoms with Crippen molar-refractivity contribution >= 4 is 0 Å². The summed E-state index contributed by atoms with van der Waals surface area (Å²) in [5.41, 5.74) is 3.50. The van der Waals surface area contributed by atoms with Gasteiger partial charge in [0.1, 0.15) is 0 Å². The van der Waals surface area contributed by atoms with Gasteiger partial charge < -0.3 is 5.32 Å². The third kappa shape index (κ3) is 3.67. The van der Waals surface area contributed by atoms with Gasteiger partial charge in [0, 0.05) is 12.6 Å². The van der Waals surface area contributed by atoms with Gasteiger partial charge in [-0.2, -0.15) is 0 Å². The standard InChI is InChI=1S/C16H24N4/c1-12(2)17-10-14-11-20(19-18-14)15-8-6-13(7-9-15)16(3,4)5/h6-9,11-12,17H,10H2,1-5H3. The second-order valence-corrected chi connectivity index (χ2v) is 6.49. The summed E-state index contributed by atoms with van der Waals surface area (Å²) in [7, 11) is 0.